The van der Waals surface area contributed by atoms with Crippen LogP contribution < -0.4 is 0 Å². The van der Waals surface area contributed by atoms with Gasteiger partial charge in [-0.25, -0.2) is 9.37 Å². The van der Waals surface area contributed by atoms with Crippen LogP contribution >= 0.6 is 0 Å². The second-order valence-electron chi connectivity index (χ2n) is 3.30. The molecular weight excluding hydrogens is 243 g/mol. The van der Waals surface area contributed by atoms with Gasteiger partial charge in [-0.3, -0.25) is 0 Å². The third-order valence-corrected chi connectivity index (χ3v) is 2.20. The molecule has 0 saturated heterocycles. The van der Waals surface area contributed by atoms with Crippen molar-refractivity contribution in [1.82, 2.24) is 9.55 Å². The van der Waals surface area contributed by atoms with E-state index in [2.05, 4.69) is 4.98 Å². The zero-order chi connectivity index (χ0) is 14.7. The summed E-state index contributed by atoms with van der Waals surface area (Å²) < 4.78 is 14.7. The first kappa shape index (κ1) is 17.3. The Morgan fingerprint density at radius 3 is 2.47 bits per heavy atom. The number of aliphatic hydroxyl groups excluding tert-OH is 1. The number of rotatable bonds is 3. The predicted octanol–water partition coefficient (Wildman–Crippen LogP) is 3.62. The molecular formula is C15H23FN2O. The van der Waals surface area contributed by atoms with Crippen LogP contribution in [0.3, 0.4) is 0 Å². The van der Waals surface area contributed by atoms with Gasteiger partial charge in [0.1, 0.15) is 5.82 Å². The molecule has 0 aliphatic heterocycles. The summed E-state index contributed by atoms with van der Waals surface area (Å²) in [5.41, 5.74) is 1.57. The minimum atomic E-state index is -0.252. The average molecular weight is 266 g/mol. The highest BCUT2D eigenvalue weighted by Gasteiger charge is 2.01. The van der Waals surface area contributed by atoms with Crippen molar-refractivity contribution in [2.45, 2.75) is 40.8 Å². The van der Waals surface area contributed by atoms with Crippen molar-refractivity contribution in [3.05, 3.63) is 53.9 Å². The molecule has 2 rings (SSSR count). The predicted molar refractivity (Wildman–Crippen MR) is 76.3 cm³/mol. The van der Waals surface area contributed by atoms with E-state index < -0.39 is 0 Å². The fraction of sp³-hybridized carbons (Fsp3) is 0.400. The third-order valence-electron chi connectivity index (χ3n) is 2.20. The lowest BCUT2D eigenvalue weighted by atomic mass is 10.2. The third kappa shape index (κ3) is 5.66. The lowest BCUT2D eigenvalue weighted by Gasteiger charge is -2.06. The molecule has 0 aliphatic carbocycles. The van der Waals surface area contributed by atoms with Gasteiger partial charge in [0.15, 0.2) is 0 Å². The largest absolute Gasteiger partial charge is 0.390 e. The first-order valence-corrected chi connectivity index (χ1v) is 6.64. The fourth-order valence-corrected chi connectivity index (χ4v) is 1.45. The quantitative estimate of drug-likeness (QED) is 0.921. The Labute approximate surface area is 114 Å². The first-order valence-electron chi connectivity index (χ1n) is 6.64. The molecule has 3 nitrogen and oxygen atoms in total. The molecule has 0 unspecified atom stereocenters. The molecule has 0 atom stereocenters. The van der Waals surface area contributed by atoms with Gasteiger partial charge < -0.3 is 9.67 Å². The van der Waals surface area contributed by atoms with Gasteiger partial charge in [0.25, 0.3) is 0 Å². The molecule has 1 heterocycles. The molecule has 2 aromatic rings. The lowest BCUT2D eigenvalue weighted by Crippen LogP contribution is -2.03. The molecule has 0 saturated carbocycles. The molecule has 1 aromatic heterocycles. The van der Waals surface area contributed by atoms with E-state index in [0.717, 1.165) is 11.3 Å². The molecule has 4 heteroatoms. The molecule has 0 amide bonds. The lowest BCUT2D eigenvalue weighted by molar-refractivity contribution is 0.271. The number of hydrogen-bond donors (Lipinski definition) is 1. The Morgan fingerprint density at radius 1 is 1.21 bits per heavy atom. The van der Waals surface area contributed by atoms with Crippen LogP contribution in [0.4, 0.5) is 4.39 Å². The van der Waals surface area contributed by atoms with Gasteiger partial charge >= 0.3 is 0 Å². The number of imidazole rings is 1. The maximum atomic E-state index is 12.9. The number of nitrogens with zero attached hydrogens (tertiary/aromatic N) is 2. The molecule has 0 radical (unpaired) electrons. The van der Waals surface area contributed by atoms with Gasteiger partial charge in [-0.1, -0.05) is 39.8 Å². The molecule has 106 valence electrons. The summed E-state index contributed by atoms with van der Waals surface area (Å²) in [5, 5.41) is 9.01. The summed E-state index contributed by atoms with van der Waals surface area (Å²) >= 11 is 0. The smallest absolute Gasteiger partial charge is 0.123 e. The topological polar surface area (TPSA) is 38.1 Å². The van der Waals surface area contributed by atoms with E-state index in [1.807, 2.05) is 33.8 Å². The van der Waals surface area contributed by atoms with Crippen molar-refractivity contribution in [3.63, 3.8) is 0 Å². The van der Waals surface area contributed by atoms with E-state index >= 15 is 0 Å². The van der Waals surface area contributed by atoms with E-state index in [1.54, 1.807) is 23.2 Å². The molecule has 0 fully saturated rings. The number of benzene rings is 1. The molecule has 19 heavy (non-hydrogen) atoms. The van der Waals surface area contributed by atoms with Crippen molar-refractivity contribution in [3.8, 4) is 0 Å². The summed E-state index contributed by atoms with van der Waals surface area (Å²) in [5.74, 6) is -0.252. The van der Waals surface area contributed by atoms with Crippen LogP contribution in [0, 0.1) is 5.82 Å². The van der Waals surface area contributed by atoms with Crippen molar-refractivity contribution in [2.24, 2.45) is 0 Å². The summed E-state index contributed by atoms with van der Waals surface area (Å²) in [7, 11) is 0. The van der Waals surface area contributed by atoms with Gasteiger partial charge in [0, 0.05) is 6.54 Å². The highest BCUT2D eigenvalue weighted by atomic mass is 19.1. The van der Waals surface area contributed by atoms with Gasteiger partial charge in [-0.2, -0.15) is 0 Å². The maximum Gasteiger partial charge on any atom is 0.123 e. The standard InChI is InChI=1S/C11H11FN2O.2C2H6/c12-10-3-1-2-9(4-10)6-14-8-13-5-11(14)7-15;2*1-2/h1-5,8,15H,6-7H2;2*1-2H3. The SMILES string of the molecule is CC.CC.OCc1cncn1Cc1cccc(F)c1. The van der Waals surface area contributed by atoms with Crippen LogP contribution in [0.5, 0.6) is 0 Å². The zero-order valence-corrected chi connectivity index (χ0v) is 12.1. The fourth-order valence-electron chi connectivity index (χ4n) is 1.45. The van der Waals surface area contributed by atoms with Crippen molar-refractivity contribution < 1.29 is 9.50 Å². The van der Waals surface area contributed by atoms with E-state index in [-0.39, 0.29) is 12.4 Å². The van der Waals surface area contributed by atoms with Crippen LogP contribution in [-0.4, -0.2) is 14.7 Å². The number of hydrogen-bond acceptors (Lipinski definition) is 2. The Hall–Kier alpha value is -1.68. The van der Waals surface area contributed by atoms with Crippen molar-refractivity contribution in [1.29, 1.82) is 0 Å². The van der Waals surface area contributed by atoms with Crippen LogP contribution in [0.1, 0.15) is 39.0 Å². The van der Waals surface area contributed by atoms with Gasteiger partial charge in [-0.15, -0.1) is 0 Å². The molecule has 0 aliphatic rings. The summed E-state index contributed by atoms with van der Waals surface area (Å²) in [6.45, 7) is 8.46. The van der Waals surface area contributed by atoms with Gasteiger partial charge in [0.2, 0.25) is 0 Å². The number of halogens is 1. The Balaban J connectivity index is 0.000000741. The van der Waals surface area contributed by atoms with E-state index in [4.69, 9.17) is 5.11 Å². The summed E-state index contributed by atoms with van der Waals surface area (Å²) in [6.07, 6.45) is 3.22. The average Bonchev–Trinajstić information content (AvgIpc) is 2.90. The van der Waals surface area contributed by atoms with Crippen LogP contribution in [0.15, 0.2) is 36.8 Å². The van der Waals surface area contributed by atoms with Crippen LogP contribution in [0.2, 0.25) is 0 Å². The Kier molecular flexibility index (Phi) is 9.35. The normalized spacial score (nSPS) is 8.95. The monoisotopic (exact) mass is 266 g/mol. The van der Waals surface area contributed by atoms with E-state index in [1.165, 1.54) is 12.1 Å². The molecule has 1 N–H and O–H groups in total. The summed E-state index contributed by atoms with van der Waals surface area (Å²) in [4.78, 5) is 3.92. The van der Waals surface area contributed by atoms with E-state index in [0.29, 0.717) is 6.54 Å². The Morgan fingerprint density at radius 2 is 1.89 bits per heavy atom. The van der Waals surface area contributed by atoms with Gasteiger partial charge in [-0.05, 0) is 17.7 Å². The minimum Gasteiger partial charge on any atom is -0.390 e. The van der Waals surface area contributed by atoms with Crippen molar-refractivity contribution in [2.75, 3.05) is 0 Å². The maximum absolute atomic E-state index is 12.9. The van der Waals surface area contributed by atoms with Gasteiger partial charge in [0.05, 0.1) is 24.8 Å². The number of aliphatic hydroxyl groups is 1. The first-order chi connectivity index (χ1) is 9.29. The minimum absolute atomic E-state index is 0.0602. The van der Waals surface area contributed by atoms with Crippen molar-refractivity contribution >= 4 is 0 Å². The second kappa shape index (κ2) is 10.3. The molecule has 0 bridgehead atoms. The molecule has 1 aromatic carbocycles. The van der Waals surface area contributed by atoms with Crippen LogP contribution in [-0.2, 0) is 13.2 Å². The zero-order valence-electron chi connectivity index (χ0n) is 12.1. The summed E-state index contributed by atoms with van der Waals surface area (Å²) in [6, 6.07) is 6.38. The highest BCUT2D eigenvalue weighted by molar-refractivity contribution is 5.17. The highest BCUT2D eigenvalue weighted by Crippen LogP contribution is 2.08. The molecule has 0 spiro atoms. The number of aromatic nitrogens is 2. The second-order valence-corrected chi connectivity index (χ2v) is 3.30. The van der Waals surface area contributed by atoms with E-state index in [9.17, 15) is 4.39 Å². The van der Waals surface area contributed by atoms with Crippen LogP contribution in [0.25, 0.3) is 0 Å². The Bertz CT molecular complexity index is 455.